The van der Waals surface area contributed by atoms with Crippen LogP contribution in [0.1, 0.15) is 34.9 Å². The fraction of sp³-hybridized carbons (Fsp3) is 0.360. The summed E-state index contributed by atoms with van der Waals surface area (Å²) in [6, 6.07) is 12.1. The first-order valence-corrected chi connectivity index (χ1v) is 11.4. The molecule has 1 aliphatic heterocycles. The number of hydrogen-bond acceptors (Lipinski definition) is 5. The Bertz CT molecular complexity index is 1310. The zero-order valence-corrected chi connectivity index (χ0v) is 18.4. The van der Waals surface area contributed by atoms with Gasteiger partial charge in [0.1, 0.15) is 12.7 Å². The highest BCUT2D eigenvalue weighted by Crippen LogP contribution is 2.41. The molecule has 3 heterocycles. The van der Waals surface area contributed by atoms with Crippen molar-refractivity contribution in [1.29, 1.82) is 0 Å². The van der Waals surface area contributed by atoms with Crippen LogP contribution >= 0.6 is 0 Å². The lowest BCUT2D eigenvalue weighted by Gasteiger charge is -2.34. The molecular weight excluding hydrogens is 416 g/mol. The fourth-order valence-electron chi connectivity index (χ4n) is 5.62. The predicted molar refractivity (Wildman–Crippen MR) is 123 cm³/mol. The van der Waals surface area contributed by atoms with Gasteiger partial charge in [0.25, 0.3) is 5.91 Å². The molecular formula is C25H26N6O2. The lowest BCUT2D eigenvalue weighted by atomic mass is 9.77. The van der Waals surface area contributed by atoms with Gasteiger partial charge in [-0.05, 0) is 66.1 Å². The molecule has 4 aromatic rings. The number of H-pyrrole nitrogens is 1. The van der Waals surface area contributed by atoms with Crippen molar-refractivity contribution in [2.45, 2.75) is 31.9 Å². The van der Waals surface area contributed by atoms with E-state index >= 15 is 0 Å². The molecule has 2 aromatic carbocycles. The summed E-state index contributed by atoms with van der Waals surface area (Å²) in [5.74, 6) is 0.755. The van der Waals surface area contributed by atoms with Crippen LogP contribution in [0.15, 0.2) is 55.2 Å². The van der Waals surface area contributed by atoms with E-state index in [0.717, 1.165) is 40.6 Å². The lowest BCUT2D eigenvalue weighted by molar-refractivity contribution is 0.0304. The Labute approximate surface area is 191 Å². The molecule has 168 valence electrons. The van der Waals surface area contributed by atoms with Crippen LogP contribution in [0.4, 0.5) is 0 Å². The number of aliphatic hydroxyl groups excluding tert-OH is 1. The number of aromatic nitrogens is 5. The van der Waals surface area contributed by atoms with Gasteiger partial charge in [-0.1, -0.05) is 18.2 Å². The molecule has 8 heteroatoms. The molecule has 4 atom stereocenters. The van der Waals surface area contributed by atoms with Gasteiger partial charge in [-0.25, -0.2) is 9.67 Å². The van der Waals surface area contributed by atoms with E-state index in [1.165, 1.54) is 6.33 Å². The normalized spacial score (nSPS) is 24.8. The van der Waals surface area contributed by atoms with E-state index in [0.29, 0.717) is 30.4 Å². The number of benzene rings is 2. The molecule has 2 aromatic heterocycles. The van der Waals surface area contributed by atoms with E-state index in [9.17, 15) is 9.90 Å². The summed E-state index contributed by atoms with van der Waals surface area (Å²) in [4.78, 5) is 19.3. The largest absolute Gasteiger partial charge is 0.391 e. The summed E-state index contributed by atoms with van der Waals surface area (Å²) in [7, 11) is 0. The smallest absolute Gasteiger partial charge is 0.253 e. The molecule has 2 fully saturated rings. The van der Waals surface area contributed by atoms with Gasteiger partial charge in [0.05, 0.1) is 18.3 Å². The van der Waals surface area contributed by atoms with Crippen molar-refractivity contribution in [3.63, 3.8) is 0 Å². The molecule has 1 amide bonds. The maximum Gasteiger partial charge on any atom is 0.253 e. The number of aryl methyl sites for hydroxylation is 1. The molecule has 1 saturated heterocycles. The highest BCUT2D eigenvalue weighted by Gasteiger charge is 2.44. The van der Waals surface area contributed by atoms with Gasteiger partial charge in [0.15, 0.2) is 0 Å². The zero-order valence-electron chi connectivity index (χ0n) is 18.4. The highest BCUT2D eigenvalue weighted by atomic mass is 16.3. The number of aromatic amines is 1. The molecule has 1 saturated carbocycles. The number of carbonyl (C=O) groups is 1. The van der Waals surface area contributed by atoms with Crippen LogP contribution in [0.5, 0.6) is 0 Å². The van der Waals surface area contributed by atoms with Crippen LogP contribution < -0.4 is 0 Å². The standard InChI is InChI=1S/C25H26N6O2/c1-15-22(10-27-29-15)18-4-2-17-7-19(5-3-16(17)6-18)25(33)30-11-20-8-23(31-14-26-13-28-31)24(32)9-21(20)12-30/h2-7,10,13-14,20-21,23-24,32H,8-9,11-12H2,1H3,(H,27,29)/t20-,21+,23-,24-/m1/s1. The van der Waals surface area contributed by atoms with Crippen molar-refractivity contribution in [2.75, 3.05) is 13.1 Å². The summed E-state index contributed by atoms with van der Waals surface area (Å²) in [5.41, 5.74) is 3.94. The number of fused-ring (bicyclic) bond motifs is 2. The maximum absolute atomic E-state index is 13.3. The van der Waals surface area contributed by atoms with Crippen molar-refractivity contribution in [1.82, 2.24) is 29.9 Å². The van der Waals surface area contributed by atoms with Gasteiger partial charge < -0.3 is 10.0 Å². The van der Waals surface area contributed by atoms with Crippen LogP contribution in [0.3, 0.4) is 0 Å². The van der Waals surface area contributed by atoms with E-state index in [4.69, 9.17) is 0 Å². The molecule has 33 heavy (non-hydrogen) atoms. The molecule has 0 radical (unpaired) electrons. The third-order valence-corrected chi connectivity index (χ3v) is 7.40. The van der Waals surface area contributed by atoms with Gasteiger partial charge in [0, 0.05) is 29.9 Å². The number of hydrogen-bond donors (Lipinski definition) is 2. The van der Waals surface area contributed by atoms with Gasteiger partial charge >= 0.3 is 0 Å². The van der Waals surface area contributed by atoms with Crippen LogP contribution in [0.2, 0.25) is 0 Å². The minimum absolute atomic E-state index is 0.0628. The molecule has 8 nitrogen and oxygen atoms in total. The molecule has 0 bridgehead atoms. The van der Waals surface area contributed by atoms with Crippen molar-refractivity contribution < 1.29 is 9.90 Å². The number of nitrogens with one attached hydrogen (secondary N) is 1. The zero-order chi connectivity index (χ0) is 22.5. The molecule has 6 rings (SSSR count). The van der Waals surface area contributed by atoms with Crippen molar-refractivity contribution in [3.05, 3.63) is 66.5 Å². The minimum Gasteiger partial charge on any atom is -0.391 e. The topological polar surface area (TPSA) is 99.9 Å². The van der Waals surface area contributed by atoms with Crippen molar-refractivity contribution >= 4 is 16.7 Å². The van der Waals surface area contributed by atoms with Gasteiger partial charge in [-0.2, -0.15) is 10.2 Å². The number of likely N-dealkylation sites (tertiary alicyclic amines) is 1. The van der Waals surface area contributed by atoms with E-state index in [1.54, 1.807) is 11.0 Å². The summed E-state index contributed by atoms with van der Waals surface area (Å²) < 4.78 is 1.76. The van der Waals surface area contributed by atoms with Crippen LogP contribution in [-0.4, -0.2) is 60.1 Å². The quantitative estimate of drug-likeness (QED) is 0.508. The Balaban J connectivity index is 1.21. The summed E-state index contributed by atoms with van der Waals surface area (Å²) in [5, 5.41) is 24.1. The monoisotopic (exact) mass is 442 g/mol. The molecule has 0 unspecified atom stereocenters. The first kappa shape index (κ1) is 20.1. The van der Waals surface area contributed by atoms with E-state index in [-0.39, 0.29) is 11.9 Å². The summed E-state index contributed by atoms with van der Waals surface area (Å²) >= 11 is 0. The third-order valence-electron chi connectivity index (χ3n) is 7.40. The Hall–Kier alpha value is -3.52. The second-order valence-corrected chi connectivity index (χ2v) is 9.40. The number of carbonyl (C=O) groups excluding carboxylic acids is 1. The first-order valence-electron chi connectivity index (χ1n) is 11.4. The molecule has 2 aliphatic rings. The number of nitrogens with zero attached hydrogens (tertiary/aromatic N) is 5. The van der Waals surface area contributed by atoms with E-state index in [2.05, 4.69) is 38.5 Å². The molecule has 0 spiro atoms. The van der Waals surface area contributed by atoms with Gasteiger partial charge in [-0.15, -0.1) is 0 Å². The molecule has 1 aliphatic carbocycles. The first-order chi connectivity index (χ1) is 16.1. The maximum atomic E-state index is 13.3. The average Bonchev–Trinajstić information content (AvgIpc) is 3.58. The average molecular weight is 443 g/mol. The number of aliphatic hydroxyl groups is 1. The SMILES string of the molecule is Cc1[nH]ncc1-c1ccc2cc(C(=O)N3C[C@H]4C[C@@H](n5cncn5)[C@H](O)C[C@H]4C3)ccc2c1. The second kappa shape index (κ2) is 7.81. The summed E-state index contributed by atoms with van der Waals surface area (Å²) in [6.45, 7) is 3.43. The van der Waals surface area contributed by atoms with E-state index in [1.807, 2.05) is 36.2 Å². The Morgan fingerprint density at radius 1 is 1.09 bits per heavy atom. The Kier molecular flexibility index (Phi) is 4.76. The fourth-order valence-corrected chi connectivity index (χ4v) is 5.62. The van der Waals surface area contributed by atoms with Crippen LogP contribution in [0.25, 0.3) is 21.9 Å². The summed E-state index contributed by atoms with van der Waals surface area (Å²) in [6.07, 6.45) is 6.05. The lowest BCUT2D eigenvalue weighted by Crippen LogP contribution is -2.36. The highest BCUT2D eigenvalue weighted by molar-refractivity contribution is 5.99. The van der Waals surface area contributed by atoms with Gasteiger partial charge in [-0.3, -0.25) is 9.89 Å². The van der Waals surface area contributed by atoms with E-state index < -0.39 is 6.10 Å². The molecule has 2 N–H and O–H groups in total. The second-order valence-electron chi connectivity index (χ2n) is 9.40. The number of rotatable bonds is 3. The Morgan fingerprint density at radius 3 is 2.64 bits per heavy atom. The van der Waals surface area contributed by atoms with Crippen LogP contribution in [0, 0.1) is 18.8 Å². The third kappa shape index (κ3) is 3.51. The number of amides is 1. The predicted octanol–water partition coefficient (Wildman–Crippen LogP) is 3.21. The van der Waals surface area contributed by atoms with Gasteiger partial charge in [0.2, 0.25) is 0 Å². The van der Waals surface area contributed by atoms with Crippen LogP contribution in [-0.2, 0) is 0 Å². The van der Waals surface area contributed by atoms with Crippen molar-refractivity contribution in [2.24, 2.45) is 11.8 Å². The minimum atomic E-state index is -0.461. The Morgan fingerprint density at radius 2 is 1.88 bits per heavy atom. The van der Waals surface area contributed by atoms with Crippen molar-refractivity contribution in [3.8, 4) is 11.1 Å².